The van der Waals surface area contributed by atoms with E-state index in [1.807, 2.05) is 30.1 Å². The summed E-state index contributed by atoms with van der Waals surface area (Å²) >= 11 is 1.89. The van der Waals surface area contributed by atoms with Gasteiger partial charge in [-0.3, -0.25) is 0 Å². The molecule has 0 aromatic carbocycles. The van der Waals surface area contributed by atoms with Gasteiger partial charge in [0.15, 0.2) is 0 Å². The lowest BCUT2D eigenvalue weighted by Gasteiger charge is -1.98. The third-order valence-electron chi connectivity index (χ3n) is 1.32. The Morgan fingerprint density at radius 3 is 2.91 bits per heavy atom. The molecular weight excluding hydrogens is 156 g/mol. The number of nitrogen functional groups attached to an aromatic ring is 1. The summed E-state index contributed by atoms with van der Waals surface area (Å²) in [6.07, 6.45) is 1.83. The van der Waals surface area contributed by atoms with Gasteiger partial charge >= 0.3 is 0 Å². The topological polar surface area (TPSA) is 38.9 Å². The highest BCUT2D eigenvalue weighted by molar-refractivity contribution is 7.98. The molecule has 0 saturated heterocycles. The maximum atomic E-state index is 5.44. The molecule has 11 heavy (non-hydrogen) atoms. The first-order valence-corrected chi connectivity index (χ1v) is 4.76. The molecule has 60 valence electrons. The molecule has 0 aliphatic rings. The predicted octanol–water partition coefficient (Wildman–Crippen LogP) is 1.92. The van der Waals surface area contributed by atoms with Crippen LogP contribution in [-0.4, -0.2) is 10.7 Å². The van der Waals surface area contributed by atoms with Crippen LogP contribution in [0.1, 0.15) is 12.5 Å². The Morgan fingerprint density at radius 2 is 2.36 bits per heavy atom. The van der Waals surface area contributed by atoms with Gasteiger partial charge in [0.05, 0.1) is 0 Å². The number of rotatable bonds is 3. The van der Waals surface area contributed by atoms with Gasteiger partial charge in [-0.25, -0.2) is 4.98 Å². The van der Waals surface area contributed by atoms with E-state index in [2.05, 4.69) is 11.9 Å². The average molecular weight is 168 g/mol. The van der Waals surface area contributed by atoms with Gasteiger partial charge < -0.3 is 5.73 Å². The van der Waals surface area contributed by atoms with Gasteiger partial charge in [0.25, 0.3) is 0 Å². The van der Waals surface area contributed by atoms with E-state index in [1.165, 1.54) is 5.56 Å². The van der Waals surface area contributed by atoms with E-state index in [9.17, 15) is 0 Å². The minimum Gasteiger partial charge on any atom is -0.384 e. The molecule has 0 atom stereocenters. The molecule has 0 unspecified atom stereocenters. The van der Waals surface area contributed by atoms with Crippen molar-refractivity contribution in [3.8, 4) is 0 Å². The standard InChI is InChI=1S/C8H12N2S/c1-2-11-6-7-3-4-8(9)10-5-7/h3-5H,2,6H2,1H3,(H2,9,10). The molecular formula is C8H12N2S. The molecule has 0 amide bonds. The fraction of sp³-hybridized carbons (Fsp3) is 0.375. The number of anilines is 1. The Balaban J connectivity index is 2.52. The summed E-state index contributed by atoms with van der Waals surface area (Å²) in [5.74, 6) is 2.77. The molecule has 0 spiro atoms. The Labute approximate surface area is 71.2 Å². The van der Waals surface area contributed by atoms with Crippen LogP contribution in [0, 0.1) is 0 Å². The van der Waals surface area contributed by atoms with Crippen molar-refractivity contribution in [1.29, 1.82) is 0 Å². The third kappa shape index (κ3) is 2.80. The summed E-state index contributed by atoms with van der Waals surface area (Å²) in [4.78, 5) is 4.00. The van der Waals surface area contributed by atoms with Gasteiger partial charge in [-0.15, -0.1) is 0 Å². The average Bonchev–Trinajstić information content (AvgIpc) is 2.04. The lowest BCUT2D eigenvalue weighted by atomic mass is 10.3. The molecule has 0 fully saturated rings. The maximum Gasteiger partial charge on any atom is 0.123 e. The fourth-order valence-corrected chi connectivity index (χ4v) is 1.35. The monoisotopic (exact) mass is 168 g/mol. The summed E-state index contributed by atoms with van der Waals surface area (Å²) in [5, 5.41) is 0. The van der Waals surface area contributed by atoms with Crippen molar-refractivity contribution in [3.63, 3.8) is 0 Å². The molecule has 1 rings (SSSR count). The van der Waals surface area contributed by atoms with Gasteiger partial charge in [-0.1, -0.05) is 13.0 Å². The Hall–Kier alpha value is -0.700. The zero-order chi connectivity index (χ0) is 8.10. The van der Waals surface area contributed by atoms with Crippen LogP contribution in [0.5, 0.6) is 0 Å². The number of aromatic nitrogens is 1. The van der Waals surface area contributed by atoms with Crippen LogP contribution in [0.2, 0.25) is 0 Å². The van der Waals surface area contributed by atoms with Crippen molar-refractivity contribution in [2.45, 2.75) is 12.7 Å². The highest BCUT2D eigenvalue weighted by atomic mass is 32.2. The second-order valence-electron chi connectivity index (χ2n) is 2.23. The van der Waals surface area contributed by atoms with E-state index in [1.54, 1.807) is 0 Å². The zero-order valence-corrected chi connectivity index (χ0v) is 7.40. The predicted molar refractivity (Wildman–Crippen MR) is 50.5 cm³/mol. The SMILES string of the molecule is CCSCc1ccc(N)nc1. The Kier molecular flexibility index (Phi) is 3.23. The van der Waals surface area contributed by atoms with Gasteiger partial charge in [-0.2, -0.15) is 11.8 Å². The van der Waals surface area contributed by atoms with Crippen LogP contribution in [0.4, 0.5) is 5.82 Å². The van der Waals surface area contributed by atoms with E-state index in [-0.39, 0.29) is 0 Å². The van der Waals surface area contributed by atoms with Crippen LogP contribution < -0.4 is 5.73 Å². The highest BCUT2D eigenvalue weighted by Crippen LogP contribution is 2.10. The van der Waals surface area contributed by atoms with Crippen LogP contribution in [0.3, 0.4) is 0 Å². The first-order valence-electron chi connectivity index (χ1n) is 3.61. The first kappa shape index (κ1) is 8.40. The number of pyridine rings is 1. The quantitative estimate of drug-likeness (QED) is 0.749. The molecule has 1 aromatic rings. The Bertz CT molecular complexity index is 208. The number of hydrogen-bond donors (Lipinski definition) is 1. The molecule has 0 aliphatic heterocycles. The van der Waals surface area contributed by atoms with E-state index in [0.717, 1.165) is 11.5 Å². The molecule has 3 heteroatoms. The minimum atomic E-state index is 0.593. The van der Waals surface area contributed by atoms with Crippen LogP contribution >= 0.6 is 11.8 Å². The van der Waals surface area contributed by atoms with Gasteiger partial charge in [-0.05, 0) is 17.4 Å². The summed E-state index contributed by atoms with van der Waals surface area (Å²) in [5.41, 5.74) is 6.68. The molecule has 0 bridgehead atoms. The zero-order valence-electron chi connectivity index (χ0n) is 6.58. The van der Waals surface area contributed by atoms with Crippen molar-refractivity contribution >= 4 is 17.6 Å². The minimum absolute atomic E-state index is 0.593. The molecule has 0 radical (unpaired) electrons. The van der Waals surface area contributed by atoms with E-state index in [0.29, 0.717) is 5.82 Å². The summed E-state index contributed by atoms with van der Waals surface area (Å²) in [7, 11) is 0. The van der Waals surface area contributed by atoms with Crippen LogP contribution in [-0.2, 0) is 5.75 Å². The lowest BCUT2D eigenvalue weighted by molar-refractivity contribution is 1.26. The van der Waals surface area contributed by atoms with Crippen LogP contribution in [0.15, 0.2) is 18.3 Å². The molecule has 2 nitrogen and oxygen atoms in total. The third-order valence-corrected chi connectivity index (χ3v) is 2.27. The number of thioether (sulfide) groups is 1. The number of hydrogen-bond acceptors (Lipinski definition) is 3. The van der Waals surface area contributed by atoms with Gasteiger partial charge in [0, 0.05) is 11.9 Å². The molecule has 1 heterocycles. The van der Waals surface area contributed by atoms with Crippen LogP contribution in [0.25, 0.3) is 0 Å². The van der Waals surface area contributed by atoms with E-state index in [4.69, 9.17) is 5.73 Å². The normalized spacial score (nSPS) is 9.91. The first-order chi connectivity index (χ1) is 5.33. The van der Waals surface area contributed by atoms with Crippen molar-refractivity contribution < 1.29 is 0 Å². The van der Waals surface area contributed by atoms with Crippen molar-refractivity contribution in [2.24, 2.45) is 0 Å². The summed E-state index contributed by atoms with van der Waals surface area (Å²) in [6.45, 7) is 2.15. The molecule has 0 aliphatic carbocycles. The fourth-order valence-electron chi connectivity index (χ4n) is 0.741. The summed E-state index contributed by atoms with van der Waals surface area (Å²) in [6, 6.07) is 3.86. The highest BCUT2D eigenvalue weighted by Gasteiger charge is 1.91. The van der Waals surface area contributed by atoms with Crippen molar-refractivity contribution in [1.82, 2.24) is 4.98 Å². The number of nitrogens with two attached hydrogens (primary N) is 1. The smallest absolute Gasteiger partial charge is 0.123 e. The number of nitrogens with zero attached hydrogens (tertiary/aromatic N) is 1. The van der Waals surface area contributed by atoms with E-state index < -0.39 is 0 Å². The van der Waals surface area contributed by atoms with Crippen molar-refractivity contribution in [2.75, 3.05) is 11.5 Å². The largest absolute Gasteiger partial charge is 0.384 e. The van der Waals surface area contributed by atoms with E-state index >= 15 is 0 Å². The second kappa shape index (κ2) is 4.23. The molecule has 1 aromatic heterocycles. The van der Waals surface area contributed by atoms with Crippen molar-refractivity contribution in [3.05, 3.63) is 23.9 Å². The van der Waals surface area contributed by atoms with Gasteiger partial charge in [0.2, 0.25) is 0 Å². The molecule has 0 saturated carbocycles. The Morgan fingerprint density at radius 1 is 1.55 bits per heavy atom. The maximum absolute atomic E-state index is 5.44. The molecule has 2 N–H and O–H groups in total. The van der Waals surface area contributed by atoms with Gasteiger partial charge in [0.1, 0.15) is 5.82 Å². The lowest BCUT2D eigenvalue weighted by Crippen LogP contribution is -1.90. The second-order valence-corrected chi connectivity index (χ2v) is 3.50. The summed E-state index contributed by atoms with van der Waals surface area (Å²) < 4.78 is 0.